The van der Waals surface area contributed by atoms with E-state index in [1.54, 1.807) is 0 Å². The Labute approximate surface area is 182 Å². The van der Waals surface area contributed by atoms with Crippen LogP contribution in [0.1, 0.15) is 57.6 Å². The van der Waals surface area contributed by atoms with Gasteiger partial charge < -0.3 is 20.5 Å². The van der Waals surface area contributed by atoms with E-state index in [-0.39, 0.29) is 30.6 Å². The Morgan fingerprint density at radius 3 is 2.44 bits per heavy atom. The number of aliphatic imine (C=N–C) groups is 1. The van der Waals surface area contributed by atoms with Crippen molar-refractivity contribution in [2.75, 3.05) is 26.3 Å². The number of hydrogen-bond donors (Lipinski definition) is 3. The highest BCUT2D eigenvalue weighted by Crippen LogP contribution is 2.12. The Morgan fingerprint density at radius 2 is 1.81 bits per heavy atom. The number of hydrogen-bond acceptors (Lipinski definition) is 3. The van der Waals surface area contributed by atoms with E-state index >= 15 is 0 Å². The summed E-state index contributed by atoms with van der Waals surface area (Å²) < 4.78 is 5.69. The first-order chi connectivity index (χ1) is 12.7. The lowest BCUT2D eigenvalue weighted by Gasteiger charge is -2.18. The van der Waals surface area contributed by atoms with Gasteiger partial charge in [0.15, 0.2) is 5.96 Å². The molecule has 0 spiro atoms. The summed E-state index contributed by atoms with van der Waals surface area (Å²) in [5.74, 6) is 1.31. The van der Waals surface area contributed by atoms with Crippen LogP contribution in [0.25, 0.3) is 0 Å². The second kappa shape index (κ2) is 17.3. The van der Waals surface area contributed by atoms with E-state index in [9.17, 15) is 5.11 Å². The Kier molecular flexibility index (Phi) is 16.7. The summed E-state index contributed by atoms with van der Waals surface area (Å²) in [6, 6.07) is 8.32. The van der Waals surface area contributed by atoms with Crippen molar-refractivity contribution in [3.8, 4) is 0 Å². The van der Waals surface area contributed by atoms with Crippen LogP contribution in [0.2, 0.25) is 0 Å². The van der Waals surface area contributed by atoms with E-state index in [1.807, 2.05) is 12.1 Å². The zero-order valence-corrected chi connectivity index (χ0v) is 19.5. The van der Waals surface area contributed by atoms with Crippen LogP contribution in [-0.2, 0) is 17.9 Å². The van der Waals surface area contributed by atoms with Crippen molar-refractivity contribution in [3.63, 3.8) is 0 Å². The van der Waals surface area contributed by atoms with Crippen LogP contribution < -0.4 is 10.6 Å². The summed E-state index contributed by atoms with van der Waals surface area (Å²) in [7, 11) is 0. The van der Waals surface area contributed by atoms with Crippen molar-refractivity contribution in [3.05, 3.63) is 35.4 Å². The maximum Gasteiger partial charge on any atom is 0.191 e. The molecule has 0 aromatic heterocycles. The zero-order chi connectivity index (χ0) is 19.0. The Morgan fingerprint density at radius 1 is 1.07 bits per heavy atom. The minimum Gasteiger partial charge on any atom is -0.396 e. The average Bonchev–Trinajstić information content (AvgIpc) is 2.65. The SMILES string of the molecule is CCCOCc1ccccc1CN=C(NCC)NCC(CCC)CCO.I. The molecule has 1 rings (SSSR count). The molecule has 0 saturated carbocycles. The van der Waals surface area contributed by atoms with Gasteiger partial charge in [0, 0.05) is 26.3 Å². The molecule has 1 aromatic carbocycles. The minimum absolute atomic E-state index is 0. The van der Waals surface area contributed by atoms with Crippen molar-refractivity contribution in [1.29, 1.82) is 0 Å². The van der Waals surface area contributed by atoms with Gasteiger partial charge in [-0.15, -0.1) is 24.0 Å². The normalized spacial score (nSPS) is 12.4. The van der Waals surface area contributed by atoms with Crippen LogP contribution in [0.5, 0.6) is 0 Å². The van der Waals surface area contributed by atoms with E-state index in [0.717, 1.165) is 51.3 Å². The fourth-order valence-corrected chi connectivity index (χ4v) is 2.87. The van der Waals surface area contributed by atoms with Crippen LogP contribution in [0.15, 0.2) is 29.3 Å². The van der Waals surface area contributed by atoms with Crippen LogP contribution in [0.3, 0.4) is 0 Å². The second-order valence-corrected chi connectivity index (χ2v) is 6.56. The number of aliphatic hydroxyl groups is 1. The third kappa shape index (κ3) is 11.5. The molecule has 1 unspecified atom stereocenters. The molecule has 0 aliphatic carbocycles. The molecule has 6 heteroatoms. The van der Waals surface area contributed by atoms with Crippen molar-refractivity contribution in [2.24, 2.45) is 10.9 Å². The number of aliphatic hydroxyl groups excluding tert-OH is 1. The van der Waals surface area contributed by atoms with E-state index in [0.29, 0.717) is 19.1 Å². The van der Waals surface area contributed by atoms with Gasteiger partial charge in [0.1, 0.15) is 0 Å². The summed E-state index contributed by atoms with van der Waals surface area (Å²) >= 11 is 0. The molecule has 1 aromatic rings. The van der Waals surface area contributed by atoms with Crippen LogP contribution in [0.4, 0.5) is 0 Å². The summed E-state index contributed by atoms with van der Waals surface area (Å²) in [5, 5.41) is 16.0. The van der Waals surface area contributed by atoms with Gasteiger partial charge in [0.25, 0.3) is 0 Å². The zero-order valence-electron chi connectivity index (χ0n) is 17.2. The van der Waals surface area contributed by atoms with Gasteiger partial charge in [0.2, 0.25) is 0 Å². The van der Waals surface area contributed by atoms with Gasteiger partial charge in [0.05, 0.1) is 13.2 Å². The molecule has 3 N–H and O–H groups in total. The smallest absolute Gasteiger partial charge is 0.191 e. The predicted molar refractivity (Wildman–Crippen MR) is 125 cm³/mol. The quantitative estimate of drug-likeness (QED) is 0.168. The first-order valence-electron chi connectivity index (χ1n) is 10.0. The van der Waals surface area contributed by atoms with Gasteiger partial charge in [-0.2, -0.15) is 0 Å². The van der Waals surface area contributed by atoms with Crippen molar-refractivity contribution < 1.29 is 9.84 Å². The van der Waals surface area contributed by atoms with E-state index in [4.69, 9.17) is 9.73 Å². The van der Waals surface area contributed by atoms with E-state index < -0.39 is 0 Å². The topological polar surface area (TPSA) is 65.9 Å². The molecule has 27 heavy (non-hydrogen) atoms. The molecule has 156 valence electrons. The fraction of sp³-hybridized carbons (Fsp3) is 0.667. The maximum atomic E-state index is 9.22. The first kappa shape index (κ1) is 26.1. The number of guanidine groups is 1. The van der Waals surface area contributed by atoms with Gasteiger partial charge in [-0.1, -0.05) is 44.5 Å². The van der Waals surface area contributed by atoms with E-state index in [1.165, 1.54) is 11.1 Å². The predicted octanol–water partition coefficient (Wildman–Crippen LogP) is 4.09. The van der Waals surface area contributed by atoms with E-state index in [2.05, 4.69) is 43.5 Å². The van der Waals surface area contributed by atoms with Gasteiger partial charge in [-0.3, -0.25) is 0 Å². The molecule has 0 amide bonds. The molecular weight excluding hydrogens is 453 g/mol. The number of ether oxygens (including phenoxy) is 1. The summed E-state index contributed by atoms with van der Waals surface area (Å²) in [6.45, 7) is 10.3. The molecule has 0 fully saturated rings. The number of nitrogens with zero attached hydrogens (tertiary/aromatic N) is 1. The number of nitrogens with one attached hydrogen (secondary N) is 2. The van der Waals surface area contributed by atoms with Crippen LogP contribution in [0, 0.1) is 5.92 Å². The maximum absolute atomic E-state index is 9.22. The van der Waals surface area contributed by atoms with Gasteiger partial charge in [-0.05, 0) is 43.2 Å². The second-order valence-electron chi connectivity index (χ2n) is 6.56. The summed E-state index contributed by atoms with van der Waals surface area (Å²) in [4.78, 5) is 4.74. The number of halogens is 1. The Hall–Kier alpha value is -0.860. The lowest BCUT2D eigenvalue weighted by Crippen LogP contribution is -2.40. The molecule has 0 saturated heterocycles. The largest absolute Gasteiger partial charge is 0.396 e. The lowest BCUT2D eigenvalue weighted by atomic mass is 10.0. The molecule has 1 atom stereocenters. The highest BCUT2D eigenvalue weighted by atomic mass is 127. The average molecular weight is 491 g/mol. The van der Waals surface area contributed by atoms with Crippen molar-refractivity contribution in [1.82, 2.24) is 10.6 Å². The molecule has 0 heterocycles. The number of benzene rings is 1. The van der Waals surface area contributed by atoms with Gasteiger partial charge >= 0.3 is 0 Å². The Balaban J connectivity index is 0.00000676. The minimum atomic E-state index is 0. The Bertz CT molecular complexity index is 506. The van der Waals surface area contributed by atoms with Crippen molar-refractivity contribution in [2.45, 2.75) is 59.6 Å². The highest BCUT2D eigenvalue weighted by molar-refractivity contribution is 14.0. The fourth-order valence-electron chi connectivity index (χ4n) is 2.87. The van der Waals surface area contributed by atoms with Crippen LogP contribution >= 0.6 is 24.0 Å². The molecule has 0 aliphatic rings. The molecule has 0 aliphatic heterocycles. The summed E-state index contributed by atoms with van der Waals surface area (Å²) in [5.41, 5.74) is 2.39. The van der Waals surface area contributed by atoms with Crippen molar-refractivity contribution >= 4 is 29.9 Å². The third-order valence-electron chi connectivity index (χ3n) is 4.27. The van der Waals surface area contributed by atoms with Crippen LogP contribution in [-0.4, -0.2) is 37.4 Å². The summed E-state index contributed by atoms with van der Waals surface area (Å²) in [6.07, 6.45) is 4.11. The van der Waals surface area contributed by atoms with Gasteiger partial charge in [-0.25, -0.2) is 4.99 Å². The molecule has 5 nitrogen and oxygen atoms in total. The highest BCUT2D eigenvalue weighted by Gasteiger charge is 2.08. The third-order valence-corrected chi connectivity index (χ3v) is 4.27. The molecule has 0 bridgehead atoms. The molecule has 0 radical (unpaired) electrons. The standard InChI is InChI=1S/C21H37N3O2.HI/c1-4-9-18(12-13-25)15-23-21(22-6-3)24-16-19-10-7-8-11-20(19)17-26-14-5-2;/h7-8,10-11,18,25H,4-6,9,12-17H2,1-3H3,(H2,22,23,24);1H. The monoisotopic (exact) mass is 491 g/mol. The lowest BCUT2D eigenvalue weighted by molar-refractivity contribution is 0.121. The molecular formula is C21H38IN3O2. The first-order valence-corrected chi connectivity index (χ1v) is 10.0. The number of rotatable bonds is 13.